The Bertz CT molecular complexity index is 387. The van der Waals surface area contributed by atoms with Crippen molar-refractivity contribution in [1.29, 1.82) is 0 Å². The molecule has 0 atom stereocenters. The van der Waals surface area contributed by atoms with Gasteiger partial charge in [0.25, 0.3) is 0 Å². The first-order valence-electron chi connectivity index (χ1n) is 4.95. The van der Waals surface area contributed by atoms with Crippen molar-refractivity contribution in [3.63, 3.8) is 0 Å². The predicted molar refractivity (Wildman–Crippen MR) is 84.7 cm³/mol. The van der Waals surface area contributed by atoms with Crippen molar-refractivity contribution in [2.45, 2.75) is 6.92 Å². The summed E-state index contributed by atoms with van der Waals surface area (Å²) < 4.78 is 0. The Balaban J connectivity index is 0.000000873. The molecule has 0 aliphatic heterocycles. The van der Waals surface area contributed by atoms with Crippen molar-refractivity contribution in [2.75, 3.05) is 14.1 Å². The molecule has 0 aliphatic rings. The molecule has 8 heteroatoms. The van der Waals surface area contributed by atoms with Gasteiger partial charge < -0.3 is 10.5 Å². The molecule has 0 amide bonds. The van der Waals surface area contributed by atoms with Gasteiger partial charge in [-0.1, -0.05) is 6.07 Å². The molecule has 0 unspecified atom stereocenters. The molecule has 0 bridgehead atoms. The van der Waals surface area contributed by atoms with Crippen molar-refractivity contribution in [3.05, 3.63) is 35.5 Å². The Morgan fingerprint density at radius 3 is 2.50 bits per heavy atom. The Kier molecular flexibility index (Phi) is 10.7. The van der Waals surface area contributed by atoms with Crippen LogP contribution in [-0.2, 0) is 12.2 Å². The Hall–Kier alpha value is -0.114. The Morgan fingerprint density at radius 2 is 2.06 bits per heavy atom. The quantitative estimate of drug-likeness (QED) is 0.202. The number of pyridine rings is 1. The van der Waals surface area contributed by atoms with Gasteiger partial charge in [-0.05, 0) is 33.2 Å². The van der Waals surface area contributed by atoms with Gasteiger partial charge in [0.05, 0.1) is 5.69 Å². The zero-order valence-electron chi connectivity index (χ0n) is 10.4. The Labute approximate surface area is 129 Å². The molecule has 0 aromatic carbocycles. The third-order valence-corrected chi connectivity index (χ3v) is 2.21. The molecule has 1 aromatic rings. The SMILES string of the molecule is CC(=N[N-]C(=[SH+])N(C)C)c1ccccn1.[Cl][Ga][Cl]. The number of thiol groups is 1. The van der Waals surface area contributed by atoms with Gasteiger partial charge in [0.2, 0.25) is 0 Å². The van der Waals surface area contributed by atoms with Gasteiger partial charge in [0.15, 0.2) is 17.3 Å². The topological polar surface area (TPSA) is 42.6 Å². The van der Waals surface area contributed by atoms with Crippen LogP contribution >= 0.6 is 19.3 Å². The molecular weight excluding hydrogens is 349 g/mol. The Morgan fingerprint density at radius 1 is 1.44 bits per heavy atom. The summed E-state index contributed by atoms with van der Waals surface area (Å²) in [5.41, 5.74) is 5.54. The van der Waals surface area contributed by atoms with Gasteiger partial charge in [0.1, 0.15) is 0 Å². The number of aromatic nitrogens is 1. The summed E-state index contributed by atoms with van der Waals surface area (Å²) in [6, 6.07) is 5.67. The van der Waals surface area contributed by atoms with E-state index in [9.17, 15) is 0 Å². The van der Waals surface area contributed by atoms with E-state index in [1.807, 2.05) is 39.2 Å². The summed E-state index contributed by atoms with van der Waals surface area (Å²) in [4.78, 5) is 5.94. The van der Waals surface area contributed by atoms with E-state index in [0.29, 0.717) is 5.11 Å². The first kappa shape index (κ1) is 17.9. The summed E-state index contributed by atoms with van der Waals surface area (Å²) in [5.74, 6) is 0. The molecule has 4 nitrogen and oxygen atoms in total. The second-order valence-electron chi connectivity index (χ2n) is 3.28. The summed E-state index contributed by atoms with van der Waals surface area (Å²) >= 11 is 3.42. The van der Waals surface area contributed by atoms with Crippen LogP contribution in [0.4, 0.5) is 0 Å². The van der Waals surface area contributed by atoms with Gasteiger partial charge in [-0.2, -0.15) is 0 Å². The molecule has 0 saturated heterocycles. The van der Waals surface area contributed by atoms with Crippen LogP contribution in [0, 0.1) is 0 Å². The van der Waals surface area contributed by atoms with Crippen LogP contribution in [0.15, 0.2) is 29.5 Å². The number of hydrogen-bond donors (Lipinski definition) is 0. The third-order valence-electron chi connectivity index (χ3n) is 1.73. The maximum absolute atomic E-state index is 4.92. The summed E-state index contributed by atoms with van der Waals surface area (Å²) in [6.45, 7) is 1.86. The van der Waals surface area contributed by atoms with Crippen LogP contribution in [0.2, 0.25) is 0 Å². The average molecular weight is 363 g/mol. The second kappa shape index (κ2) is 10.8. The predicted octanol–water partition coefficient (Wildman–Crippen LogP) is 2.11. The van der Waals surface area contributed by atoms with E-state index in [0.717, 1.165) is 11.4 Å². The first-order valence-corrected chi connectivity index (χ1v) is 11.8. The number of rotatable bonds is 2. The molecule has 97 valence electrons. The summed E-state index contributed by atoms with van der Waals surface area (Å²) in [5, 5.41) is 4.60. The van der Waals surface area contributed by atoms with Gasteiger partial charge in [-0.15, -0.1) is 0 Å². The second-order valence-corrected chi connectivity index (χ2v) is 7.45. The van der Waals surface area contributed by atoms with E-state index in [4.69, 9.17) is 19.3 Å². The van der Waals surface area contributed by atoms with Crippen molar-refractivity contribution in [3.8, 4) is 0 Å². The fourth-order valence-corrected chi connectivity index (χ4v) is 0.882. The fourth-order valence-electron chi connectivity index (χ4n) is 0.837. The van der Waals surface area contributed by atoms with E-state index in [1.54, 1.807) is 11.1 Å². The molecule has 1 aromatic heterocycles. The molecule has 1 radical (unpaired) electrons. The first-order chi connectivity index (χ1) is 8.52. The molecule has 18 heavy (non-hydrogen) atoms. The summed E-state index contributed by atoms with van der Waals surface area (Å²) in [7, 11) is 13.6. The van der Waals surface area contributed by atoms with E-state index in [2.05, 4.69) is 27.7 Å². The maximum atomic E-state index is 4.92. The molecule has 1 rings (SSSR count). The van der Waals surface area contributed by atoms with Gasteiger partial charge in [-0.3, -0.25) is 9.88 Å². The minimum absolute atomic E-state index is 0.560. The molecule has 0 saturated carbocycles. The van der Waals surface area contributed by atoms with Crippen LogP contribution in [0.3, 0.4) is 0 Å². The average Bonchev–Trinajstić information content (AvgIpc) is 2.37. The van der Waals surface area contributed by atoms with Crippen molar-refractivity contribution in [2.24, 2.45) is 5.10 Å². The third kappa shape index (κ3) is 8.07. The molecule has 0 spiro atoms. The van der Waals surface area contributed by atoms with Gasteiger partial charge in [-0.25, -0.2) is 0 Å². The molecule has 0 aliphatic carbocycles. The number of nitrogens with zero attached hydrogens (tertiary/aromatic N) is 4. The molecule has 0 fully saturated rings. The van der Waals surface area contributed by atoms with Crippen LogP contribution < -0.4 is 0 Å². The minimum atomic E-state index is -0.743. The van der Waals surface area contributed by atoms with Crippen molar-refractivity contribution < 1.29 is 0 Å². The number of halogens is 2. The van der Waals surface area contributed by atoms with Crippen molar-refractivity contribution in [1.82, 2.24) is 9.88 Å². The van der Waals surface area contributed by atoms with E-state index in [1.165, 1.54) is 0 Å². The molecular formula is C10H14Cl2GaN4S. The van der Waals surface area contributed by atoms with E-state index >= 15 is 0 Å². The monoisotopic (exact) mass is 361 g/mol. The number of hydrogen-bond acceptors (Lipinski definition) is 2. The zero-order valence-corrected chi connectivity index (χ0v) is 15.2. The standard InChI is InChI=1S/C10H14N4S.2ClH.Ga/c1-8(9-6-4-5-7-11-9)12-13-10(15)14(2)3;;;/h4-7H,1-3H3,(H,11,13,15);2*1H;/q;;;+2/p-2. The van der Waals surface area contributed by atoms with Gasteiger partial charge in [0, 0.05) is 11.9 Å². The fraction of sp³-hybridized carbons (Fsp3) is 0.300. The van der Waals surface area contributed by atoms with Crippen LogP contribution in [0.25, 0.3) is 5.43 Å². The van der Waals surface area contributed by atoms with E-state index < -0.39 is 15.4 Å². The van der Waals surface area contributed by atoms with Crippen LogP contribution in [0.1, 0.15) is 12.6 Å². The van der Waals surface area contributed by atoms with Crippen LogP contribution in [0.5, 0.6) is 0 Å². The molecule has 1 heterocycles. The van der Waals surface area contributed by atoms with E-state index in [-0.39, 0.29) is 0 Å². The zero-order chi connectivity index (χ0) is 14.0. The van der Waals surface area contributed by atoms with Gasteiger partial charge >= 0.3 is 34.7 Å². The molecule has 0 N–H and O–H groups in total. The normalized spacial score (nSPS) is 10.4. The van der Waals surface area contributed by atoms with Crippen molar-refractivity contribution >= 4 is 57.7 Å². The summed E-state index contributed by atoms with van der Waals surface area (Å²) in [6.07, 6.45) is 1.73. The van der Waals surface area contributed by atoms with Crippen LogP contribution in [-0.4, -0.2) is 50.2 Å².